The fraction of sp³-hybridized carbons (Fsp3) is 0.333. The van der Waals surface area contributed by atoms with Crippen molar-refractivity contribution in [1.29, 1.82) is 0 Å². The van der Waals surface area contributed by atoms with Gasteiger partial charge in [-0.1, -0.05) is 12.1 Å². The number of aliphatic hydroxyl groups is 1. The zero-order valence-corrected chi connectivity index (χ0v) is 11.5. The normalized spacial score (nSPS) is 19.3. The summed E-state index contributed by atoms with van der Waals surface area (Å²) in [6, 6.07) is 7.31. The van der Waals surface area contributed by atoms with Gasteiger partial charge in [-0.05, 0) is 12.1 Å². The van der Waals surface area contributed by atoms with E-state index in [9.17, 15) is 9.90 Å². The first-order valence-corrected chi connectivity index (χ1v) is 6.88. The minimum Gasteiger partial charge on any atom is -0.389 e. The summed E-state index contributed by atoms with van der Waals surface area (Å²) >= 11 is 0. The lowest BCUT2D eigenvalue weighted by atomic mass is 10.1. The zero-order chi connectivity index (χ0) is 14.7. The number of carbonyl (C=O) groups is 1. The van der Waals surface area contributed by atoms with E-state index < -0.39 is 6.10 Å². The minimum absolute atomic E-state index is 0.233. The van der Waals surface area contributed by atoms with Crippen LogP contribution in [0.5, 0.6) is 0 Å². The number of urea groups is 1. The lowest BCUT2D eigenvalue weighted by Crippen LogP contribution is -2.40. The van der Waals surface area contributed by atoms with Crippen molar-refractivity contribution in [2.24, 2.45) is 0 Å². The maximum atomic E-state index is 12.3. The first-order chi connectivity index (χ1) is 10.2. The molecule has 1 saturated heterocycles. The molecule has 0 spiro atoms. The number of pyridine rings is 1. The number of benzene rings is 1. The third-order valence-electron chi connectivity index (χ3n) is 3.46. The number of aliphatic hydroxyl groups excluding tert-OH is 1. The smallest absolute Gasteiger partial charge is 0.322 e. The van der Waals surface area contributed by atoms with Crippen LogP contribution in [0.25, 0.3) is 10.8 Å². The van der Waals surface area contributed by atoms with Crippen LogP contribution >= 0.6 is 0 Å². The second-order valence-electron chi connectivity index (χ2n) is 5.01. The minimum atomic E-state index is -0.644. The number of β-amino-alcohol motifs (C(OH)–C–C–N with tert-alkyl or cyclic N) is 1. The number of hydrogen-bond donors (Lipinski definition) is 2. The molecule has 3 rings (SSSR count). The van der Waals surface area contributed by atoms with Crippen LogP contribution in [0.3, 0.4) is 0 Å². The number of amides is 2. The Morgan fingerprint density at radius 2 is 2.33 bits per heavy atom. The van der Waals surface area contributed by atoms with Gasteiger partial charge in [0.1, 0.15) is 0 Å². The fourth-order valence-electron chi connectivity index (χ4n) is 2.40. The van der Waals surface area contributed by atoms with Crippen molar-refractivity contribution >= 4 is 22.5 Å². The number of nitrogens with one attached hydrogen (secondary N) is 1. The van der Waals surface area contributed by atoms with Gasteiger partial charge in [0.25, 0.3) is 0 Å². The first-order valence-electron chi connectivity index (χ1n) is 6.88. The number of hydrogen-bond acceptors (Lipinski definition) is 4. The number of rotatable bonds is 1. The highest BCUT2D eigenvalue weighted by molar-refractivity contribution is 6.01. The highest BCUT2D eigenvalue weighted by Gasteiger charge is 2.21. The Morgan fingerprint density at radius 1 is 1.43 bits per heavy atom. The zero-order valence-electron chi connectivity index (χ0n) is 11.5. The van der Waals surface area contributed by atoms with Gasteiger partial charge in [0.05, 0.1) is 31.5 Å². The molecule has 0 radical (unpaired) electrons. The number of ether oxygens (including phenoxy) is 1. The second-order valence-corrected chi connectivity index (χ2v) is 5.01. The molecule has 6 heteroatoms. The van der Waals surface area contributed by atoms with E-state index in [4.69, 9.17) is 4.74 Å². The summed E-state index contributed by atoms with van der Waals surface area (Å²) in [5, 5.41) is 14.5. The Hall–Kier alpha value is -2.18. The molecule has 1 aliphatic rings. The number of anilines is 1. The number of carbonyl (C=O) groups excluding carboxylic acids is 1. The summed E-state index contributed by atoms with van der Waals surface area (Å²) in [6.45, 7) is 1.45. The van der Waals surface area contributed by atoms with Crippen molar-refractivity contribution in [2.45, 2.75) is 6.10 Å². The Balaban J connectivity index is 1.79. The molecular formula is C15H17N3O3. The molecule has 2 amide bonds. The molecule has 1 aromatic carbocycles. The highest BCUT2D eigenvalue weighted by atomic mass is 16.5. The summed E-state index contributed by atoms with van der Waals surface area (Å²) in [4.78, 5) is 18.0. The van der Waals surface area contributed by atoms with Gasteiger partial charge in [0.2, 0.25) is 0 Å². The van der Waals surface area contributed by atoms with Crippen molar-refractivity contribution < 1.29 is 14.6 Å². The molecule has 1 fully saturated rings. The first kappa shape index (κ1) is 13.8. The van der Waals surface area contributed by atoms with Crippen LogP contribution in [-0.2, 0) is 4.74 Å². The monoisotopic (exact) mass is 287 g/mol. The predicted octanol–water partition coefficient (Wildman–Crippen LogP) is 1.46. The molecule has 2 heterocycles. The van der Waals surface area contributed by atoms with Crippen LogP contribution in [0, 0.1) is 0 Å². The SMILES string of the molecule is O=C(Nc1cccc2cnccc12)N1CCOCC(O)C1. The molecule has 21 heavy (non-hydrogen) atoms. The van der Waals surface area contributed by atoms with Gasteiger partial charge < -0.3 is 20.1 Å². The van der Waals surface area contributed by atoms with Crippen molar-refractivity contribution in [3.05, 3.63) is 36.7 Å². The second kappa shape index (κ2) is 6.07. The van der Waals surface area contributed by atoms with Gasteiger partial charge in [-0.15, -0.1) is 0 Å². The summed E-state index contributed by atoms with van der Waals surface area (Å²) < 4.78 is 5.23. The molecule has 1 atom stereocenters. The Labute approximate surface area is 122 Å². The Morgan fingerprint density at radius 3 is 3.24 bits per heavy atom. The van der Waals surface area contributed by atoms with Crippen LogP contribution in [-0.4, -0.2) is 53.4 Å². The van der Waals surface area contributed by atoms with Gasteiger partial charge in [-0.25, -0.2) is 4.79 Å². The third-order valence-corrected chi connectivity index (χ3v) is 3.46. The molecule has 6 nitrogen and oxygen atoms in total. The predicted molar refractivity (Wildman–Crippen MR) is 79.2 cm³/mol. The largest absolute Gasteiger partial charge is 0.389 e. The van der Waals surface area contributed by atoms with Gasteiger partial charge >= 0.3 is 6.03 Å². The lowest BCUT2D eigenvalue weighted by Gasteiger charge is -2.22. The topological polar surface area (TPSA) is 74.7 Å². The van der Waals surface area contributed by atoms with E-state index in [0.29, 0.717) is 13.2 Å². The van der Waals surface area contributed by atoms with E-state index in [1.54, 1.807) is 17.3 Å². The van der Waals surface area contributed by atoms with Crippen molar-refractivity contribution in [1.82, 2.24) is 9.88 Å². The van der Waals surface area contributed by atoms with Crippen LogP contribution in [0.15, 0.2) is 36.7 Å². The molecule has 1 aliphatic heterocycles. The molecule has 110 valence electrons. The van der Waals surface area contributed by atoms with E-state index in [1.807, 2.05) is 24.3 Å². The van der Waals surface area contributed by atoms with Gasteiger partial charge in [0.15, 0.2) is 0 Å². The van der Waals surface area contributed by atoms with E-state index in [-0.39, 0.29) is 19.2 Å². The highest BCUT2D eigenvalue weighted by Crippen LogP contribution is 2.22. The number of aromatic nitrogens is 1. The van der Waals surface area contributed by atoms with Crippen LogP contribution in [0.2, 0.25) is 0 Å². The molecular weight excluding hydrogens is 270 g/mol. The quantitative estimate of drug-likeness (QED) is 0.832. The van der Waals surface area contributed by atoms with E-state index in [2.05, 4.69) is 10.3 Å². The van der Waals surface area contributed by atoms with E-state index in [1.165, 1.54) is 0 Å². The average Bonchev–Trinajstić information content (AvgIpc) is 2.72. The molecule has 0 aliphatic carbocycles. The molecule has 2 aromatic rings. The summed E-state index contributed by atoms with van der Waals surface area (Å²) in [7, 11) is 0. The summed E-state index contributed by atoms with van der Waals surface area (Å²) in [5.41, 5.74) is 0.736. The number of fused-ring (bicyclic) bond motifs is 1. The molecule has 1 aromatic heterocycles. The maximum Gasteiger partial charge on any atom is 0.322 e. The van der Waals surface area contributed by atoms with E-state index in [0.717, 1.165) is 16.5 Å². The summed E-state index contributed by atoms with van der Waals surface area (Å²) in [6.07, 6.45) is 2.81. The van der Waals surface area contributed by atoms with Crippen LogP contribution in [0.4, 0.5) is 10.5 Å². The standard InChI is InChI=1S/C15H17N3O3/c19-12-9-18(6-7-21-10-12)15(20)17-14-3-1-2-11-8-16-5-4-13(11)14/h1-5,8,12,19H,6-7,9-10H2,(H,17,20). The van der Waals surface area contributed by atoms with Crippen LogP contribution in [0.1, 0.15) is 0 Å². The van der Waals surface area contributed by atoms with Crippen molar-refractivity contribution in [3.8, 4) is 0 Å². The Bertz CT molecular complexity index is 642. The molecule has 0 saturated carbocycles. The fourth-order valence-corrected chi connectivity index (χ4v) is 2.40. The Kier molecular flexibility index (Phi) is 3.98. The van der Waals surface area contributed by atoms with Crippen molar-refractivity contribution in [3.63, 3.8) is 0 Å². The molecule has 2 N–H and O–H groups in total. The summed E-state index contributed by atoms with van der Waals surface area (Å²) in [5.74, 6) is 0. The average molecular weight is 287 g/mol. The van der Waals surface area contributed by atoms with Gasteiger partial charge in [0, 0.05) is 29.7 Å². The van der Waals surface area contributed by atoms with E-state index >= 15 is 0 Å². The lowest BCUT2D eigenvalue weighted by molar-refractivity contribution is 0.0575. The van der Waals surface area contributed by atoms with Gasteiger partial charge in [-0.3, -0.25) is 4.98 Å². The molecule has 0 bridgehead atoms. The number of nitrogens with zero attached hydrogens (tertiary/aromatic N) is 2. The molecule has 1 unspecified atom stereocenters. The third kappa shape index (κ3) is 3.12. The van der Waals surface area contributed by atoms with Crippen LogP contribution < -0.4 is 5.32 Å². The van der Waals surface area contributed by atoms with Crippen molar-refractivity contribution in [2.75, 3.05) is 31.6 Å². The maximum absolute atomic E-state index is 12.3. The van der Waals surface area contributed by atoms with Gasteiger partial charge in [-0.2, -0.15) is 0 Å².